The van der Waals surface area contributed by atoms with E-state index < -0.39 is 28.4 Å². The minimum Gasteiger partial charge on any atom is -0.507 e. The van der Waals surface area contributed by atoms with Gasteiger partial charge in [-0.3, -0.25) is 14.4 Å². The van der Waals surface area contributed by atoms with Crippen LogP contribution in [0.25, 0.3) is 0 Å². The quantitative estimate of drug-likeness (QED) is 0.522. The van der Waals surface area contributed by atoms with E-state index >= 15 is 0 Å². The zero-order valence-corrected chi connectivity index (χ0v) is 19.5. The monoisotopic (exact) mass is 428 g/mol. The van der Waals surface area contributed by atoms with Crippen LogP contribution in [0.3, 0.4) is 0 Å². The van der Waals surface area contributed by atoms with Crippen molar-refractivity contribution in [2.24, 2.45) is 22.7 Å². The molecule has 1 heterocycles. The molecule has 0 saturated heterocycles. The number of carbonyl (C=O) groups is 3. The lowest BCUT2D eigenvalue weighted by atomic mass is 9.59. The van der Waals surface area contributed by atoms with Crippen molar-refractivity contribution in [3.63, 3.8) is 0 Å². The molecule has 3 rings (SSSR count). The number of Topliss-reactive ketones (excluding diaryl/α,β-unsaturated/α-hetero) is 3. The van der Waals surface area contributed by atoms with Gasteiger partial charge in [0, 0.05) is 29.0 Å². The molecule has 2 N–H and O–H groups in total. The van der Waals surface area contributed by atoms with Gasteiger partial charge in [0.25, 0.3) is 0 Å². The summed E-state index contributed by atoms with van der Waals surface area (Å²) >= 11 is 0. The molecule has 1 aromatic rings. The molecule has 6 nitrogen and oxygen atoms in total. The fourth-order valence-electron chi connectivity index (χ4n) is 4.82. The van der Waals surface area contributed by atoms with Crippen LogP contribution in [0, 0.1) is 22.7 Å². The molecule has 0 bridgehead atoms. The Balaban J connectivity index is 2.37. The predicted octanol–water partition coefficient (Wildman–Crippen LogP) is 4.92. The summed E-state index contributed by atoms with van der Waals surface area (Å²) in [6.07, 6.45) is 0.509. The highest BCUT2D eigenvalue weighted by Gasteiger charge is 2.57. The van der Waals surface area contributed by atoms with Gasteiger partial charge in [0.05, 0.1) is 10.8 Å². The van der Waals surface area contributed by atoms with Crippen molar-refractivity contribution < 1.29 is 29.3 Å². The maximum Gasteiger partial charge on any atom is 0.175 e. The maximum absolute atomic E-state index is 13.5. The molecule has 0 amide bonds. The van der Waals surface area contributed by atoms with Gasteiger partial charge in [-0.25, -0.2) is 0 Å². The molecule has 0 unspecified atom stereocenters. The van der Waals surface area contributed by atoms with Crippen LogP contribution in [-0.2, 0) is 9.59 Å². The van der Waals surface area contributed by atoms with Crippen molar-refractivity contribution in [2.45, 2.75) is 67.7 Å². The van der Waals surface area contributed by atoms with E-state index in [2.05, 4.69) is 0 Å². The number of carbonyl (C=O) groups excluding carboxylic acids is 3. The van der Waals surface area contributed by atoms with Crippen molar-refractivity contribution in [1.82, 2.24) is 0 Å². The van der Waals surface area contributed by atoms with Crippen LogP contribution >= 0.6 is 0 Å². The third-order valence-corrected chi connectivity index (χ3v) is 6.43. The predicted molar refractivity (Wildman–Crippen MR) is 116 cm³/mol. The van der Waals surface area contributed by atoms with Gasteiger partial charge in [-0.1, -0.05) is 27.7 Å². The molecule has 6 heteroatoms. The SMILES string of the molecule is CC(C)C[C@H]1C2=C(Oc3cc(O)c(C(=O)C(C)C)c(O)c31)C(C)(C)C(=O)C(C)(C)C2=O. The van der Waals surface area contributed by atoms with Gasteiger partial charge in [0.1, 0.15) is 28.6 Å². The normalized spacial score (nSPS) is 21.8. The van der Waals surface area contributed by atoms with Gasteiger partial charge in [-0.15, -0.1) is 0 Å². The first-order chi connectivity index (χ1) is 14.1. The fraction of sp³-hybridized carbons (Fsp3) is 0.560. The molecular formula is C25H32O6. The molecule has 1 aliphatic carbocycles. The molecule has 0 radical (unpaired) electrons. The largest absolute Gasteiger partial charge is 0.507 e. The first-order valence-electron chi connectivity index (χ1n) is 10.8. The summed E-state index contributed by atoms with van der Waals surface area (Å²) in [6, 6.07) is 1.31. The molecule has 1 atom stereocenters. The number of phenols is 2. The van der Waals surface area contributed by atoms with Crippen LogP contribution in [-0.4, -0.2) is 27.6 Å². The van der Waals surface area contributed by atoms with Gasteiger partial charge >= 0.3 is 0 Å². The van der Waals surface area contributed by atoms with Gasteiger partial charge in [-0.2, -0.15) is 0 Å². The highest BCUT2D eigenvalue weighted by molar-refractivity contribution is 6.20. The van der Waals surface area contributed by atoms with Crippen LogP contribution in [0.5, 0.6) is 17.2 Å². The zero-order valence-electron chi connectivity index (χ0n) is 19.5. The first kappa shape index (κ1) is 23.0. The lowest BCUT2D eigenvalue weighted by Gasteiger charge is -2.45. The van der Waals surface area contributed by atoms with Crippen LogP contribution in [0.15, 0.2) is 17.4 Å². The van der Waals surface area contributed by atoms with Crippen molar-refractivity contribution in [2.75, 3.05) is 0 Å². The average Bonchev–Trinajstić information content (AvgIpc) is 2.64. The number of phenolic OH excluding ortho intramolecular Hbond substituents is 2. The minimum atomic E-state index is -1.23. The molecule has 168 valence electrons. The summed E-state index contributed by atoms with van der Waals surface area (Å²) in [5.41, 5.74) is -1.75. The summed E-state index contributed by atoms with van der Waals surface area (Å²) in [5, 5.41) is 21.7. The van der Waals surface area contributed by atoms with Gasteiger partial charge in [0.2, 0.25) is 0 Å². The Morgan fingerprint density at radius 1 is 1.06 bits per heavy atom. The van der Waals surface area contributed by atoms with Gasteiger partial charge in [-0.05, 0) is 40.0 Å². The molecular weight excluding hydrogens is 396 g/mol. The molecule has 2 aliphatic rings. The molecule has 1 aromatic carbocycles. The van der Waals surface area contributed by atoms with E-state index in [1.165, 1.54) is 6.07 Å². The number of benzene rings is 1. The summed E-state index contributed by atoms with van der Waals surface area (Å²) in [7, 11) is 0. The molecule has 31 heavy (non-hydrogen) atoms. The van der Waals surface area contributed by atoms with Crippen molar-refractivity contribution >= 4 is 17.3 Å². The minimum absolute atomic E-state index is 0.152. The fourth-order valence-corrected chi connectivity index (χ4v) is 4.82. The van der Waals surface area contributed by atoms with E-state index in [4.69, 9.17) is 4.74 Å². The number of hydrogen-bond acceptors (Lipinski definition) is 6. The van der Waals surface area contributed by atoms with Crippen LogP contribution in [0.2, 0.25) is 0 Å². The van der Waals surface area contributed by atoms with E-state index in [1.807, 2.05) is 13.8 Å². The molecule has 0 aromatic heterocycles. The maximum atomic E-state index is 13.5. The number of fused-ring (bicyclic) bond motifs is 1. The summed E-state index contributed by atoms with van der Waals surface area (Å²) in [6.45, 7) is 14.1. The van der Waals surface area contributed by atoms with Crippen molar-refractivity contribution in [3.8, 4) is 17.2 Å². The second kappa shape index (κ2) is 7.21. The molecule has 0 saturated carbocycles. The molecule has 0 spiro atoms. The third kappa shape index (κ3) is 3.27. The summed E-state index contributed by atoms with van der Waals surface area (Å²) in [4.78, 5) is 39.4. The van der Waals surface area contributed by atoms with E-state index in [0.29, 0.717) is 17.6 Å². The smallest absolute Gasteiger partial charge is 0.175 e. The average molecular weight is 429 g/mol. The number of hydrogen-bond donors (Lipinski definition) is 2. The van der Waals surface area contributed by atoms with Crippen LogP contribution in [0.1, 0.15) is 83.7 Å². The van der Waals surface area contributed by atoms with E-state index in [9.17, 15) is 24.6 Å². The Morgan fingerprint density at radius 3 is 2.16 bits per heavy atom. The molecule has 0 fully saturated rings. The van der Waals surface area contributed by atoms with E-state index in [-0.39, 0.29) is 46.1 Å². The highest BCUT2D eigenvalue weighted by atomic mass is 16.5. The van der Waals surface area contributed by atoms with Crippen molar-refractivity contribution in [3.05, 3.63) is 28.5 Å². The molecule has 1 aliphatic heterocycles. The number of ether oxygens (including phenoxy) is 1. The number of allylic oxidation sites excluding steroid dienone is 2. The standard InChI is InChI=1S/C25H32O6/c1-11(2)9-13-16-15(10-14(26)18(20(16)28)19(27)12(3)4)31-22-17(13)21(29)24(5,6)23(30)25(22,7)8/h10-13,26,28H,9H2,1-8H3/t13-/m1/s1. The zero-order chi connectivity index (χ0) is 23.6. The lowest BCUT2D eigenvalue weighted by molar-refractivity contribution is -0.144. The lowest BCUT2D eigenvalue weighted by Crippen LogP contribution is -2.51. The van der Waals surface area contributed by atoms with Gasteiger partial charge < -0.3 is 14.9 Å². The Morgan fingerprint density at radius 2 is 1.65 bits per heavy atom. The summed E-state index contributed by atoms with van der Waals surface area (Å²) < 4.78 is 6.06. The Bertz CT molecular complexity index is 1020. The topological polar surface area (TPSA) is 101 Å². The number of ketones is 3. The Hall–Kier alpha value is -2.63. The highest BCUT2D eigenvalue weighted by Crippen LogP contribution is 2.57. The van der Waals surface area contributed by atoms with E-state index in [0.717, 1.165) is 0 Å². The van der Waals surface area contributed by atoms with Crippen LogP contribution < -0.4 is 4.74 Å². The first-order valence-corrected chi connectivity index (χ1v) is 10.8. The summed E-state index contributed by atoms with van der Waals surface area (Å²) in [5.74, 6) is -2.11. The Labute approximate surface area is 183 Å². The van der Waals surface area contributed by atoms with Crippen LogP contribution in [0.4, 0.5) is 0 Å². The second-order valence-corrected chi connectivity index (χ2v) is 10.5. The third-order valence-electron chi connectivity index (χ3n) is 6.43. The van der Waals surface area contributed by atoms with Gasteiger partial charge in [0.15, 0.2) is 17.3 Å². The second-order valence-electron chi connectivity index (χ2n) is 10.5. The van der Waals surface area contributed by atoms with E-state index in [1.54, 1.807) is 41.5 Å². The Kier molecular flexibility index (Phi) is 5.36. The number of aromatic hydroxyl groups is 2. The number of rotatable bonds is 4. The van der Waals surface area contributed by atoms with Crippen molar-refractivity contribution in [1.29, 1.82) is 0 Å².